The fourth-order valence-electron chi connectivity index (χ4n) is 2.67. The highest BCUT2D eigenvalue weighted by Gasteiger charge is 2.51. The minimum Gasteiger partial charge on any atom is -0.498 e. The highest BCUT2D eigenvalue weighted by molar-refractivity contribution is 5.19. The number of ether oxygens (including phenoxy) is 1. The third-order valence-electron chi connectivity index (χ3n) is 3.73. The molecule has 0 aromatic rings. The molecule has 3 atom stereocenters. The average Bonchev–Trinajstić information content (AvgIpc) is 2.22. The largest absolute Gasteiger partial charge is 0.498 e. The molecule has 16 heavy (non-hydrogen) atoms. The molecule has 1 aliphatic carbocycles. The summed E-state index contributed by atoms with van der Waals surface area (Å²) in [5, 5.41) is 10.5. The van der Waals surface area contributed by atoms with Gasteiger partial charge in [-0.25, -0.2) is 0 Å². The summed E-state index contributed by atoms with van der Waals surface area (Å²) in [7, 11) is 0. The molecule has 2 nitrogen and oxygen atoms in total. The molecule has 0 aromatic carbocycles. The summed E-state index contributed by atoms with van der Waals surface area (Å²) in [6.45, 7) is 7.94. The first-order valence-electron chi connectivity index (χ1n) is 5.84. The van der Waals surface area contributed by atoms with Crippen molar-refractivity contribution in [3.8, 4) is 12.3 Å². The Labute approximate surface area is 98.7 Å². The Morgan fingerprint density at radius 1 is 1.50 bits per heavy atom. The van der Waals surface area contributed by atoms with Crippen molar-refractivity contribution >= 4 is 0 Å². The lowest BCUT2D eigenvalue weighted by atomic mass is 9.60. The third-order valence-corrected chi connectivity index (χ3v) is 3.73. The molecule has 0 heterocycles. The Hall–Kier alpha value is -0.940. The van der Waals surface area contributed by atoms with Crippen LogP contribution in [0.1, 0.15) is 40.5 Å². The monoisotopic (exact) mass is 222 g/mol. The summed E-state index contributed by atoms with van der Waals surface area (Å²) in [5.41, 5.74) is -1.34. The molecule has 0 aromatic heterocycles. The standard InChI is InChI=1S/C14H22O2/c1-6-8-16-12-9-11(3)14(15,7-2)13(4,5)10-12/h2,6,8,11-12,15H,9-10H2,1,3-5H3/t11-,12-,14+/m0/s1. The van der Waals surface area contributed by atoms with E-state index >= 15 is 0 Å². The molecule has 0 aliphatic heterocycles. The molecule has 0 amide bonds. The van der Waals surface area contributed by atoms with Crippen LogP contribution in [0, 0.1) is 23.7 Å². The van der Waals surface area contributed by atoms with Gasteiger partial charge in [0.1, 0.15) is 5.60 Å². The maximum Gasteiger partial charge on any atom is 0.133 e. The minimum absolute atomic E-state index is 0.0523. The predicted octanol–water partition coefficient (Wildman–Crippen LogP) is 2.73. The van der Waals surface area contributed by atoms with E-state index in [2.05, 4.69) is 5.92 Å². The summed E-state index contributed by atoms with van der Waals surface area (Å²) in [6, 6.07) is 0. The van der Waals surface area contributed by atoms with Crippen LogP contribution in [0.2, 0.25) is 0 Å². The number of aliphatic hydroxyl groups is 1. The normalized spacial score (nSPS) is 38.2. The van der Waals surface area contributed by atoms with Crippen molar-refractivity contribution < 1.29 is 9.84 Å². The highest BCUT2D eigenvalue weighted by atomic mass is 16.5. The van der Waals surface area contributed by atoms with E-state index < -0.39 is 5.60 Å². The molecule has 2 heteroatoms. The number of allylic oxidation sites excluding steroid dienone is 1. The van der Waals surface area contributed by atoms with E-state index in [0.29, 0.717) is 0 Å². The van der Waals surface area contributed by atoms with Crippen molar-refractivity contribution in [3.05, 3.63) is 12.3 Å². The second-order valence-electron chi connectivity index (χ2n) is 5.36. The van der Waals surface area contributed by atoms with E-state index in [4.69, 9.17) is 11.2 Å². The molecule has 1 N–H and O–H groups in total. The Morgan fingerprint density at radius 3 is 2.56 bits per heavy atom. The topological polar surface area (TPSA) is 29.5 Å². The first-order valence-corrected chi connectivity index (χ1v) is 5.84. The van der Waals surface area contributed by atoms with Crippen molar-refractivity contribution in [1.82, 2.24) is 0 Å². The van der Waals surface area contributed by atoms with Crippen molar-refractivity contribution in [3.63, 3.8) is 0 Å². The van der Waals surface area contributed by atoms with Crippen LogP contribution < -0.4 is 0 Å². The van der Waals surface area contributed by atoms with E-state index in [0.717, 1.165) is 12.8 Å². The van der Waals surface area contributed by atoms with Gasteiger partial charge in [0.15, 0.2) is 0 Å². The van der Waals surface area contributed by atoms with Gasteiger partial charge in [-0.2, -0.15) is 0 Å². The van der Waals surface area contributed by atoms with Gasteiger partial charge in [-0.15, -0.1) is 6.42 Å². The van der Waals surface area contributed by atoms with Crippen LogP contribution >= 0.6 is 0 Å². The Balaban J connectivity index is 2.85. The maximum absolute atomic E-state index is 10.5. The second-order valence-corrected chi connectivity index (χ2v) is 5.36. The van der Waals surface area contributed by atoms with Crippen molar-refractivity contribution in [2.24, 2.45) is 11.3 Å². The van der Waals surface area contributed by atoms with Gasteiger partial charge in [-0.3, -0.25) is 0 Å². The van der Waals surface area contributed by atoms with Crippen LogP contribution in [0.25, 0.3) is 0 Å². The molecule has 0 radical (unpaired) electrons. The van der Waals surface area contributed by atoms with Crippen molar-refractivity contribution in [2.45, 2.75) is 52.2 Å². The molecule has 0 bridgehead atoms. The van der Waals surface area contributed by atoms with Crippen LogP contribution in [0.15, 0.2) is 12.3 Å². The van der Waals surface area contributed by atoms with Gasteiger partial charge >= 0.3 is 0 Å². The second kappa shape index (κ2) is 4.51. The lowest BCUT2D eigenvalue weighted by Crippen LogP contribution is -2.54. The maximum atomic E-state index is 10.5. The molecule has 0 unspecified atom stereocenters. The Kier molecular flexibility index (Phi) is 3.70. The number of hydrogen-bond donors (Lipinski definition) is 1. The summed E-state index contributed by atoms with van der Waals surface area (Å²) in [5.74, 6) is 2.63. The molecule has 1 rings (SSSR count). The van der Waals surface area contributed by atoms with Gasteiger partial charge in [0.2, 0.25) is 0 Å². The molecule has 1 fully saturated rings. The highest BCUT2D eigenvalue weighted by Crippen LogP contribution is 2.47. The van der Waals surface area contributed by atoms with Gasteiger partial charge in [0.05, 0.1) is 12.4 Å². The molecule has 0 spiro atoms. The predicted molar refractivity (Wildman–Crippen MR) is 65.6 cm³/mol. The SMILES string of the molecule is C#C[C@@]1(O)[C@@H](C)C[C@H](OC=CC)CC1(C)C. The molecular weight excluding hydrogens is 200 g/mol. The molecule has 90 valence electrons. The van der Waals surface area contributed by atoms with E-state index in [-0.39, 0.29) is 17.4 Å². The van der Waals surface area contributed by atoms with E-state index in [1.807, 2.05) is 33.8 Å². The number of hydrogen-bond acceptors (Lipinski definition) is 2. The van der Waals surface area contributed by atoms with Gasteiger partial charge in [-0.1, -0.05) is 32.8 Å². The summed E-state index contributed by atoms with van der Waals surface area (Å²) >= 11 is 0. The summed E-state index contributed by atoms with van der Waals surface area (Å²) in [6.07, 6.45) is 10.8. The van der Waals surface area contributed by atoms with Crippen LogP contribution in [0.3, 0.4) is 0 Å². The minimum atomic E-state index is -1.03. The number of rotatable bonds is 2. The van der Waals surface area contributed by atoms with E-state index in [1.54, 1.807) is 6.26 Å². The number of terminal acetylenes is 1. The third kappa shape index (κ3) is 2.10. The Bertz CT molecular complexity index is 311. The van der Waals surface area contributed by atoms with Gasteiger partial charge in [0.25, 0.3) is 0 Å². The fourth-order valence-corrected chi connectivity index (χ4v) is 2.67. The lowest BCUT2D eigenvalue weighted by Gasteiger charge is -2.49. The quantitative estimate of drug-likeness (QED) is 0.575. The van der Waals surface area contributed by atoms with Crippen LogP contribution in [-0.2, 0) is 4.74 Å². The van der Waals surface area contributed by atoms with Gasteiger partial charge in [0, 0.05) is 11.3 Å². The molecule has 0 saturated heterocycles. The summed E-state index contributed by atoms with van der Waals surface area (Å²) in [4.78, 5) is 0. The van der Waals surface area contributed by atoms with Crippen LogP contribution in [0.4, 0.5) is 0 Å². The van der Waals surface area contributed by atoms with Crippen molar-refractivity contribution in [2.75, 3.05) is 0 Å². The fraction of sp³-hybridized carbons (Fsp3) is 0.714. The Morgan fingerprint density at radius 2 is 2.12 bits per heavy atom. The van der Waals surface area contributed by atoms with Gasteiger partial charge in [-0.05, 0) is 19.8 Å². The van der Waals surface area contributed by atoms with Gasteiger partial charge < -0.3 is 9.84 Å². The average molecular weight is 222 g/mol. The smallest absolute Gasteiger partial charge is 0.133 e. The zero-order valence-corrected chi connectivity index (χ0v) is 10.7. The first-order chi connectivity index (χ1) is 7.37. The van der Waals surface area contributed by atoms with Crippen molar-refractivity contribution in [1.29, 1.82) is 0 Å². The van der Waals surface area contributed by atoms with Crippen LogP contribution in [0.5, 0.6) is 0 Å². The lowest BCUT2D eigenvalue weighted by molar-refractivity contribution is -0.122. The molecule has 1 saturated carbocycles. The zero-order valence-electron chi connectivity index (χ0n) is 10.7. The zero-order chi connectivity index (χ0) is 12.4. The summed E-state index contributed by atoms with van der Waals surface area (Å²) < 4.78 is 5.62. The first kappa shape index (κ1) is 13.1. The molecule has 1 aliphatic rings. The molecular formula is C14H22O2. The van der Waals surface area contributed by atoms with Crippen LogP contribution in [-0.4, -0.2) is 16.8 Å². The van der Waals surface area contributed by atoms with E-state index in [9.17, 15) is 5.11 Å². The van der Waals surface area contributed by atoms with E-state index in [1.165, 1.54) is 0 Å².